The van der Waals surface area contributed by atoms with Crippen molar-refractivity contribution in [2.24, 2.45) is 5.92 Å². The van der Waals surface area contributed by atoms with Crippen molar-refractivity contribution in [1.29, 1.82) is 0 Å². The molecule has 28 heavy (non-hydrogen) atoms. The summed E-state index contributed by atoms with van der Waals surface area (Å²) >= 11 is 0. The summed E-state index contributed by atoms with van der Waals surface area (Å²) in [5.74, 6) is -1.89. The summed E-state index contributed by atoms with van der Waals surface area (Å²) < 4.78 is 16.5. The third-order valence-corrected chi connectivity index (χ3v) is 5.15. The van der Waals surface area contributed by atoms with Gasteiger partial charge >= 0.3 is 5.97 Å². The van der Waals surface area contributed by atoms with Crippen molar-refractivity contribution in [3.8, 4) is 0 Å². The predicted octanol–water partition coefficient (Wildman–Crippen LogP) is 2.16. The van der Waals surface area contributed by atoms with Gasteiger partial charge in [-0.15, -0.1) is 0 Å². The molecule has 0 unspecified atom stereocenters. The van der Waals surface area contributed by atoms with E-state index in [1.54, 1.807) is 15.5 Å². The third-order valence-electron chi connectivity index (χ3n) is 5.15. The Labute approximate surface area is 162 Å². The van der Waals surface area contributed by atoms with Crippen LogP contribution in [0, 0.1) is 11.7 Å². The number of benzene rings is 1. The van der Waals surface area contributed by atoms with Crippen molar-refractivity contribution in [2.75, 3.05) is 31.1 Å². The Hall–Kier alpha value is -2.90. The van der Waals surface area contributed by atoms with Gasteiger partial charge in [0, 0.05) is 50.2 Å². The first-order chi connectivity index (χ1) is 13.2. The van der Waals surface area contributed by atoms with E-state index in [1.807, 2.05) is 25.7 Å². The summed E-state index contributed by atoms with van der Waals surface area (Å²) in [6.45, 7) is 7.98. The first-order valence-corrected chi connectivity index (χ1v) is 9.38. The summed E-state index contributed by atoms with van der Waals surface area (Å²) in [5, 5.41) is 9.29. The Morgan fingerprint density at radius 1 is 1.18 bits per heavy atom. The van der Waals surface area contributed by atoms with E-state index in [0.717, 1.165) is 6.07 Å². The van der Waals surface area contributed by atoms with Gasteiger partial charge in [0.1, 0.15) is 11.4 Å². The first kappa shape index (κ1) is 19.9. The molecule has 1 aliphatic heterocycles. The quantitative estimate of drug-likeness (QED) is 0.867. The molecule has 3 rings (SSSR count). The van der Waals surface area contributed by atoms with E-state index >= 15 is 0 Å². The van der Waals surface area contributed by atoms with E-state index in [0.29, 0.717) is 43.9 Å². The second-order valence-corrected chi connectivity index (χ2v) is 7.25. The number of carbonyl (C=O) groups excluding carboxylic acids is 1. The van der Waals surface area contributed by atoms with Gasteiger partial charge in [-0.3, -0.25) is 9.59 Å². The second kappa shape index (κ2) is 7.61. The minimum Gasteiger partial charge on any atom is -0.477 e. The van der Waals surface area contributed by atoms with Gasteiger partial charge in [-0.25, -0.2) is 9.18 Å². The molecular formula is C20H24FN3O4. The van der Waals surface area contributed by atoms with E-state index in [4.69, 9.17) is 0 Å². The fourth-order valence-corrected chi connectivity index (χ4v) is 3.59. The molecule has 0 saturated carbocycles. The molecule has 0 aliphatic carbocycles. The molecule has 7 nitrogen and oxygen atoms in total. The number of anilines is 1. The van der Waals surface area contributed by atoms with Crippen molar-refractivity contribution in [3.05, 3.63) is 39.9 Å². The van der Waals surface area contributed by atoms with Crippen molar-refractivity contribution in [3.63, 3.8) is 0 Å². The number of aryl methyl sites for hydroxylation is 1. The number of piperazine rings is 1. The first-order valence-electron chi connectivity index (χ1n) is 9.38. The number of carbonyl (C=O) groups is 2. The number of halogens is 1. The Balaban J connectivity index is 1.99. The van der Waals surface area contributed by atoms with Gasteiger partial charge in [0.2, 0.25) is 11.3 Å². The maximum atomic E-state index is 14.8. The molecule has 1 aliphatic rings. The van der Waals surface area contributed by atoms with E-state index in [9.17, 15) is 23.9 Å². The van der Waals surface area contributed by atoms with Gasteiger partial charge in [-0.1, -0.05) is 13.8 Å². The molecule has 1 amide bonds. The average molecular weight is 389 g/mol. The topological polar surface area (TPSA) is 82.8 Å². The van der Waals surface area contributed by atoms with Crippen LogP contribution >= 0.6 is 0 Å². The molecule has 0 bridgehead atoms. The van der Waals surface area contributed by atoms with E-state index in [-0.39, 0.29) is 22.8 Å². The van der Waals surface area contributed by atoms with Crippen molar-refractivity contribution >= 4 is 28.5 Å². The highest BCUT2D eigenvalue weighted by molar-refractivity contribution is 5.93. The number of aromatic nitrogens is 1. The molecule has 1 N–H and O–H groups in total. The van der Waals surface area contributed by atoms with Crippen molar-refractivity contribution < 1.29 is 19.1 Å². The Bertz CT molecular complexity index is 991. The molecule has 1 saturated heterocycles. The number of rotatable bonds is 4. The van der Waals surface area contributed by atoms with Gasteiger partial charge in [0.15, 0.2) is 0 Å². The summed E-state index contributed by atoms with van der Waals surface area (Å²) in [7, 11) is 0. The lowest BCUT2D eigenvalue weighted by atomic mass is 10.1. The SMILES string of the molecule is CCn1cc(C(=O)O)c(=O)c2cc(F)c(N3CCN(C(=O)C(C)C)CC3)cc21. The Morgan fingerprint density at radius 3 is 2.36 bits per heavy atom. The number of nitrogens with zero attached hydrogens (tertiary/aromatic N) is 3. The molecule has 0 radical (unpaired) electrons. The van der Waals surface area contributed by atoms with Gasteiger partial charge in [-0.05, 0) is 19.1 Å². The van der Waals surface area contributed by atoms with Crippen LogP contribution in [0.1, 0.15) is 31.1 Å². The van der Waals surface area contributed by atoms with Crippen molar-refractivity contribution in [2.45, 2.75) is 27.3 Å². The van der Waals surface area contributed by atoms with Crippen molar-refractivity contribution in [1.82, 2.24) is 9.47 Å². The maximum Gasteiger partial charge on any atom is 0.341 e. The van der Waals surface area contributed by atoms with Crippen LogP contribution in [0.3, 0.4) is 0 Å². The number of aromatic carboxylic acids is 1. The summed E-state index contributed by atoms with van der Waals surface area (Å²) in [6, 6.07) is 2.72. The molecule has 0 atom stereocenters. The van der Waals surface area contributed by atoms with Gasteiger partial charge in [-0.2, -0.15) is 0 Å². The lowest BCUT2D eigenvalue weighted by Gasteiger charge is -2.37. The maximum absolute atomic E-state index is 14.8. The fraction of sp³-hybridized carbons (Fsp3) is 0.450. The van der Waals surface area contributed by atoms with E-state index < -0.39 is 17.2 Å². The molecule has 2 aromatic rings. The van der Waals surface area contributed by atoms with Crippen LogP contribution in [0.15, 0.2) is 23.1 Å². The molecule has 0 spiro atoms. The lowest BCUT2D eigenvalue weighted by molar-refractivity contribution is -0.134. The summed E-state index contributed by atoms with van der Waals surface area (Å²) in [4.78, 5) is 39.5. The number of hydrogen-bond donors (Lipinski definition) is 1. The number of pyridine rings is 1. The average Bonchev–Trinajstić information content (AvgIpc) is 2.67. The zero-order valence-corrected chi connectivity index (χ0v) is 16.2. The van der Waals surface area contributed by atoms with Crippen LogP contribution in [0.25, 0.3) is 10.9 Å². The Morgan fingerprint density at radius 2 is 1.82 bits per heavy atom. The van der Waals surface area contributed by atoms with Crippen LogP contribution in [0.5, 0.6) is 0 Å². The van der Waals surface area contributed by atoms with Crippen LogP contribution in [0.2, 0.25) is 0 Å². The smallest absolute Gasteiger partial charge is 0.341 e. The molecule has 1 aromatic carbocycles. The second-order valence-electron chi connectivity index (χ2n) is 7.25. The zero-order chi connectivity index (χ0) is 20.6. The normalized spacial score (nSPS) is 14.8. The highest BCUT2D eigenvalue weighted by Crippen LogP contribution is 2.26. The molecule has 1 aromatic heterocycles. The van der Waals surface area contributed by atoms with Gasteiger partial charge < -0.3 is 19.5 Å². The monoisotopic (exact) mass is 389 g/mol. The van der Waals surface area contributed by atoms with Crippen LogP contribution in [0.4, 0.5) is 10.1 Å². The molecule has 8 heteroatoms. The zero-order valence-electron chi connectivity index (χ0n) is 16.2. The highest BCUT2D eigenvalue weighted by Gasteiger charge is 2.25. The number of carboxylic acids is 1. The Kier molecular flexibility index (Phi) is 5.40. The van der Waals surface area contributed by atoms with Gasteiger partial charge in [0.05, 0.1) is 11.2 Å². The summed E-state index contributed by atoms with van der Waals surface area (Å²) in [6.07, 6.45) is 1.30. The molecule has 2 heterocycles. The third kappa shape index (κ3) is 3.46. The fourth-order valence-electron chi connectivity index (χ4n) is 3.59. The molecular weight excluding hydrogens is 365 g/mol. The largest absolute Gasteiger partial charge is 0.477 e. The van der Waals surface area contributed by atoms with Gasteiger partial charge in [0.25, 0.3) is 0 Å². The number of fused-ring (bicyclic) bond motifs is 1. The van der Waals surface area contributed by atoms with E-state index in [2.05, 4.69) is 0 Å². The molecule has 150 valence electrons. The van der Waals surface area contributed by atoms with Crippen LogP contribution in [-0.2, 0) is 11.3 Å². The number of carboxylic acid groups (broad SMARTS) is 1. The number of hydrogen-bond acceptors (Lipinski definition) is 4. The van der Waals surface area contributed by atoms with Crippen LogP contribution in [-0.4, -0.2) is 52.6 Å². The predicted molar refractivity (Wildman–Crippen MR) is 104 cm³/mol. The minimum atomic E-state index is -1.33. The van der Waals surface area contributed by atoms with E-state index in [1.165, 1.54) is 6.20 Å². The van der Waals surface area contributed by atoms with Crippen LogP contribution < -0.4 is 10.3 Å². The molecule has 1 fully saturated rings. The number of amides is 1. The lowest BCUT2D eigenvalue weighted by Crippen LogP contribution is -2.50. The standard InChI is InChI=1S/C20H24FN3O4/c1-4-22-11-14(20(27)28)18(25)13-9-15(21)17(10-16(13)22)23-5-7-24(8-6-23)19(26)12(2)3/h9-12H,4-8H2,1-3H3,(H,27,28). The minimum absolute atomic E-state index is 0.0524. The summed E-state index contributed by atoms with van der Waals surface area (Å²) in [5.41, 5.74) is -0.212. The highest BCUT2D eigenvalue weighted by atomic mass is 19.1.